The van der Waals surface area contributed by atoms with Gasteiger partial charge in [-0.2, -0.15) is 0 Å². The molecule has 0 bridgehead atoms. The molecule has 1 N–H and O–H groups in total. The van der Waals surface area contributed by atoms with Crippen molar-refractivity contribution in [2.24, 2.45) is 0 Å². The maximum absolute atomic E-state index is 12.9. The first-order valence-electron chi connectivity index (χ1n) is 8.69. The highest BCUT2D eigenvalue weighted by molar-refractivity contribution is 7.92. The van der Waals surface area contributed by atoms with Gasteiger partial charge < -0.3 is 10.1 Å². The van der Waals surface area contributed by atoms with Crippen LogP contribution in [0.3, 0.4) is 0 Å². The van der Waals surface area contributed by atoms with Crippen molar-refractivity contribution in [3.63, 3.8) is 0 Å². The Hall–Kier alpha value is -2.54. The molecule has 2 aromatic carbocycles. The average Bonchev–Trinajstić information content (AvgIpc) is 2.61. The molecule has 0 saturated carbocycles. The van der Waals surface area contributed by atoms with Crippen LogP contribution in [0, 0.1) is 13.8 Å². The lowest BCUT2D eigenvalue weighted by molar-refractivity contribution is -0.117. The number of hydrogen-bond donors (Lipinski definition) is 1. The number of aryl methyl sites for hydroxylation is 2. The number of hydrogen-bond acceptors (Lipinski definition) is 4. The van der Waals surface area contributed by atoms with E-state index in [1.807, 2.05) is 32.0 Å². The maximum atomic E-state index is 12.9. The fourth-order valence-corrected chi connectivity index (χ4v) is 4.05. The van der Waals surface area contributed by atoms with Gasteiger partial charge in [0, 0.05) is 5.69 Å². The standard InChI is InChI=1S/C20H26N2O4S/c1-6-19(20(23)21-16-8-7-14(2)15(3)13-16)22(27(5,24)25)17-9-11-18(26-4)12-10-17/h7-13,19H,6H2,1-5H3,(H,21,23)/t19-/m1/s1. The molecule has 2 aromatic rings. The molecule has 2 rings (SSSR count). The molecule has 0 aliphatic rings. The Morgan fingerprint density at radius 1 is 1.11 bits per heavy atom. The lowest BCUT2D eigenvalue weighted by atomic mass is 10.1. The minimum Gasteiger partial charge on any atom is -0.497 e. The normalized spacial score (nSPS) is 12.3. The number of carbonyl (C=O) groups is 1. The van der Waals surface area contributed by atoms with Gasteiger partial charge in [-0.1, -0.05) is 13.0 Å². The van der Waals surface area contributed by atoms with E-state index >= 15 is 0 Å². The van der Waals surface area contributed by atoms with Crippen molar-refractivity contribution in [2.45, 2.75) is 33.2 Å². The van der Waals surface area contributed by atoms with Crippen LogP contribution in [0.15, 0.2) is 42.5 Å². The summed E-state index contributed by atoms with van der Waals surface area (Å²) in [5.41, 5.74) is 3.23. The topological polar surface area (TPSA) is 75.7 Å². The molecule has 146 valence electrons. The van der Waals surface area contributed by atoms with Gasteiger partial charge in [-0.05, 0) is 67.8 Å². The van der Waals surface area contributed by atoms with Crippen LogP contribution in [-0.4, -0.2) is 33.7 Å². The van der Waals surface area contributed by atoms with Crippen LogP contribution < -0.4 is 14.4 Å². The van der Waals surface area contributed by atoms with E-state index in [2.05, 4.69) is 5.32 Å². The Balaban J connectivity index is 2.35. The summed E-state index contributed by atoms with van der Waals surface area (Å²) >= 11 is 0. The zero-order valence-electron chi connectivity index (χ0n) is 16.3. The van der Waals surface area contributed by atoms with E-state index in [0.29, 0.717) is 23.5 Å². The van der Waals surface area contributed by atoms with Gasteiger partial charge in [0.1, 0.15) is 11.8 Å². The van der Waals surface area contributed by atoms with E-state index in [-0.39, 0.29) is 5.91 Å². The number of benzene rings is 2. The van der Waals surface area contributed by atoms with Crippen molar-refractivity contribution in [1.29, 1.82) is 0 Å². The van der Waals surface area contributed by atoms with E-state index in [0.717, 1.165) is 21.7 Å². The van der Waals surface area contributed by atoms with Crippen LogP contribution in [0.25, 0.3) is 0 Å². The summed E-state index contributed by atoms with van der Waals surface area (Å²) in [6.07, 6.45) is 1.43. The van der Waals surface area contributed by atoms with E-state index in [1.54, 1.807) is 31.2 Å². The molecule has 0 aromatic heterocycles. The fourth-order valence-electron chi connectivity index (χ4n) is 2.83. The predicted octanol–water partition coefficient (Wildman–Crippen LogP) is 3.50. The van der Waals surface area contributed by atoms with E-state index in [9.17, 15) is 13.2 Å². The van der Waals surface area contributed by atoms with Gasteiger partial charge >= 0.3 is 0 Å². The second-order valence-electron chi connectivity index (χ2n) is 6.47. The highest BCUT2D eigenvalue weighted by atomic mass is 32.2. The molecule has 6 nitrogen and oxygen atoms in total. The molecule has 0 unspecified atom stereocenters. The molecule has 27 heavy (non-hydrogen) atoms. The molecule has 0 radical (unpaired) electrons. The highest BCUT2D eigenvalue weighted by Crippen LogP contribution is 2.26. The van der Waals surface area contributed by atoms with Crippen LogP contribution in [0.2, 0.25) is 0 Å². The van der Waals surface area contributed by atoms with Gasteiger partial charge in [0.15, 0.2) is 0 Å². The first-order chi connectivity index (χ1) is 12.7. The molecule has 1 atom stereocenters. The summed E-state index contributed by atoms with van der Waals surface area (Å²) in [6, 6.07) is 11.3. The molecule has 1 amide bonds. The highest BCUT2D eigenvalue weighted by Gasteiger charge is 2.31. The number of ether oxygens (including phenoxy) is 1. The van der Waals surface area contributed by atoms with Crippen LogP contribution in [-0.2, 0) is 14.8 Å². The van der Waals surface area contributed by atoms with Gasteiger partial charge in [0.2, 0.25) is 15.9 Å². The minimum atomic E-state index is -3.67. The van der Waals surface area contributed by atoms with E-state index in [4.69, 9.17) is 4.74 Å². The maximum Gasteiger partial charge on any atom is 0.248 e. The van der Waals surface area contributed by atoms with Crippen LogP contribution in [0.4, 0.5) is 11.4 Å². The predicted molar refractivity (Wildman–Crippen MR) is 109 cm³/mol. The molecule has 0 spiro atoms. The van der Waals surface area contributed by atoms with Gasteiger partial charge in [0.05, 0.1) is 19.1 Å². The number of carbonyl (C=O) groups excluding carboxylic acids is 1. The van der Waals surface area contributed by atoms with Gasteiger partial charge in [-0.15, -0.1) is 0 Å². The second-order valence-corrected chi connectivity index (χ2v) is 8.33. The summed E-state index contributed by atoms with van der Waals surface area (Å²) in [5, 5.41) is 2.84. The van der Waals surface area contributed by atoms with E-state index < -0.39 is 16.1 Å². The third kappa shape index (κ3) is 5.01. The lowest BCUT2D eigenvalue weighted by Gasteiger charge is -2.30. The van der Waals surface area contributed by atoms with Crippen molar-refractivity contribution >= 4 is 27.3 Å². The molecule has 0 aliphatic heterocycles. The van der Waals surface area contributed by atoms with Gasteiger partial charge in [-0.3, -0.25) is 9.10 Å². The number of methoxy groups -OCH3 is 1. The number of nitrogens with one attached hydrogen (secondary N) is 1. The van der Waals surface area contributed by atoms with E-state index in [1.165, 1.54) is 7.11 Å². The zero-order valence-corrected chi connectivity index (χ0v) is 17.1. The van der Waals surface area contributed by atoms with Crippen molar-refractivity contribution in [1.82, 2.24) is 0 Å². The van der Waals surface area contributed by atoms with Crippen molar-refractivity contribution in [2.75, 3.05) is 23.0 Å². The quantitative estimate of drug-likeness (QED) is 0.785. The third-order valence-electron chi connectivity index (χ3n) is 4.43. The summed E-state index contributed by atoms with van der Waals surface area (Å²) in [7, 11) is -2.13. The molecule has 0 fully saturated rings. The van der Waals surface area contributed by atoms with Crippen LogP contribution >= 0.6 is 0 Å². The largest absolute Gasteiger partial charge is 0.497 e. The van der Waals surface area contributed by atoms with Gasteiger partial charge in [0.25, 0.3) is 0 Å². The lowest BCUT2D eigenvalue weighted by Crippen LogP contribution is -2.47. The number of rotatable bonds is 7. The Kier molecular flexibility index (Phi) is 6.49. The molecular formula is C20H26N2O4S. The number of amides is 1. The SMILES string of the molecule is CC[C@H](C(=O)Nc1ccc(C)c(C)c1)N(c1ccc(OC)cc1)S(C)(=O)=O. The summed E-state index contributed by atoms with van der Waals surface area (Å²) in [6.45, 7) is 5.74. The van der Waals surface area contributed by atoms with Crippen LogP contribution in [0.5, 0.6) is 5.75 Å². The molecule has 0 aliphatic carbocycles. The number of sulfonamides is 1. The number of anilines is 2. The van der Waals surface area contributed by atoms with Crippen molar-refractivity contribution in [3.05, 3.63) is 53.6 Å². The first-order valence-corrected chi connectivity index (χ1v) is 10.5. The fraction of sp³-hybridized carbons (Fsp3) is 0.350. The molecule has 0 saturated heterocycles. The molecular weight excluding hydrogens is 364 g/mol. The molecule has 7 heteroatoms. The van der Waals surface area contributed by atoms with Gasteiger partial charge in [-0.25, -0.2) is 8.42 Å². The summed E-state index contributed by atoms with van der Waals surface area (Å²) in [5.74, 6) is 0.238. The Morgan fingerprint density at radius 2 is 1.74 bits per heavy atom. The molecule has 0 heterocycles. The average molecular weight is 391 g/mol. The number of nitrogens with zero attached hydrogens (tertiary/aromatic N) is 1. The Bertz CT molecular complexity index is 908. The summed E-state index contributed by atoms with van der Waals surface area (Å²) in [4.78, 5) is 12.9. The van der Waals surface area contributed by atoms with Crippen LogP contribution in [0.1, 0.15) is 24.5 Å². The zero-order chi connectivity index (χ0) is 20.2. The second kappa shape index (κ2) is 8.43. The van der Waals surface area contributed by atoms with Crippen molar-refractivity contribution < 1.29 is 17.9 Å². The Labute approximate surface area is 161 Å². The monoisotopic (exact) mass is 390 g/mol. The Morgan fingerprint density at radius 3 is 2.22 bits per heavy atom. The summed E-state index contributed by atoms with van der Waals surface area (Å²) < 4.78 is 31.2. The smallest absolute Gasteiger partial charge is 0.248 e. The van der Waals surface area contributed by atoms with Crippen molar-refractivity contribution in [3.8, 4) is 5.75 Å². The first kappa shape index (κ1) is 20.8. The third-order valence-corrected chi connectivity index (χ3v) is 5.61. The minimum absolute atomic E-state index is 0.329.